The molecule has 0 aliphatic heterocycles. The van der Waals surface area contributed by atoms with Gasteiger partial charge in [0, 0.05) is 26.2 Å². The average molecular weight is 459 g/mol. The molecule has 0 bridgehead atoms. The molecule has 4 amide bonds. The zero-order chi connectivity index (χ0) is 24.2. The molecule has 0 aliphatic rings. The monoisotopic (exact) mass is 458 g/mol. The van der Waals surface area contributed by atoms with E-state index in [1.165, 1.54) is 0 Å². The molecule has 0 unspecified atom stereocenters. The van der Waals surface area contributed by atoms with E-state index in [9.17, 15) is 19.2 Å². The van der Waals surface area contributed by atoms with E-state index in [4.69, 9.17) is 0 Å². The molecule has 0 aliphatic carbocycles. The van der Waals surface area contributed by atoms with Gasteiger partial charge >= 0.3 is 23.6 Å². The highest BCUT2D eigenvalue weighted by molar-refractivity contribution is 6.35. The Balaban J connectivity index is 1.40. The molecule has 3 aromatic carbocycles. The molecule has 3 rings (SSSR count). The first-order chi connectivity index (χ1) is 16.5. The Bertz CT molecular complexity index is 1050. The number of rotatable bonds is 8. The van der Waals surface area contributed by atoms with E-state index in [0.717, 1.165) is 22.3 Å². The van der Waals surface area contributed by atoms with E-state index in [1.807, 2.05) is 60.7 Å². The lowest BCUT2D eigenvalue weighted by molar-refractivity contribution is -0.139. The van der Waals surface area contributed by atoms with Gasteiger partial charge in [0.2, 0.25) is 0 Å². The molecule has 174 valence electrons. The molecule has 3 aromatic rings. The van der Waals surface area contributed by atoms with Crippen molar-refractivity contribution >= 4 is 23.6 Å². The van der Waals surface area contributed by atoms with Crippen LogP contribution in [0.25, 0.3) is 0 Å². The smallest absolute Gasteiger partial charge is 0.309 e. The molecular formula is C26H26N4O4. The van der Waals surface area contributed by atoms with Crippen molar-refractivity contribution in [1.29, 1.82) is 0 Å². The summed E-state index contributed by atoms with van der Waals surface area (Å²) < 4.78 is 0. The summed E-state index contributed by atoms with van der Waals surface area (Å²) in [5.41, 5.74) is 3.30. The molecular weight excluding hydrogens is 432 g/mol. The Morgan fingerprint density at radius 1 is 0.412 bits per heavy atom. The van der Waals surface area contributed by atoms with Crippen LogP contribution >= 0.6 is 0 Å². The molecule has 0 saturated carbocycles. The number of amides is 4. The minimum Gasteiger partial charge on any atom is -0.344 e. The van der Waals surface area contributed by atoms with Gasteiger partial charge in [-0.2, -0.15) is 0 Å². The fourth-order valence-corrected chi connectivity index (χ4v) is 3.09. The minimum atomic E-state index is -0.732. The van der Waals surface area contributed by atoms with Crippen LogP contribution in [0.4, 0.5) is 0 Å². The van der Waals surface area contributed by atoms with Crippen LogP contribution in [0.1, 0.15) is 22.3 Å². The van der Waals surface area contributed by atoms with E-state index < -0.39 is 23.6 Å². The predicted octanol–water partition coefficient (Wildman–Crippen LogP) is 1.55. The maximum atomic E-state index is 12.1. The summed E-state index contributed by atoms with van der Waals surface area (Å²) in [5, 5.41) is 10.3. The quantitative estimate of drug-likeness (QED) is 0.383. The summed E-state index contributed by atoms with van der Waals surface area (Å²) in [7, 11) is 0. The Hall–Kier alpha value is -4.46. The van der Waals surface area contributed by atoms with E-state index in [1.54, 1.807) is 24.3 Å². The van der Waals surface area contributed by atoms with Crippen molar-refractivity contribution in [3.8, 4) is 0 Å². The lowest BCUT2D eigenvalue weighted by Crippen LogP contribution is -2.39. The predicted molar refractivity (Wildman–Crippen MR) is 127 cm³/mol. The third-order valence-electron chi connectivity index (χ3n) is 4.90. The fourth-order valence-electron chi connectivity index (χ4n) is 3.09. The van der Waals surface area contributed by atoms with Crippen molar-refractivity contribution in [1.82, 2.24) is 21.3 Å². The number of carbonyl (C=O) groups is 4. The van der Waals surface area contributed by atoms with Gasteiger partial charge < -0.3 is 21.3 Å². The van der Waals surface area contributed by atoms with Gasteiger partial charge in [-0.25, -0.2) is 0 Å². The molecule has 0 aromatic heterocycles. The molecule has 0 saturated heterocycles. The first-order valence-electron chi connectivity index (χ1n) is 10.8. The molecule has 0 spiro atoms. The van der Waals surface area contributed by atoms with Crippen LogP contribution in [0.2, 0.25) is 0 Å². The van der Waals surface area contributed by atoms with Gasteiger partial charge in [0.1, 0.15) is 0 Å². The molecule has 0 heterocycles. The van der Waals surface area contributed by atoms with Crippen molar-refractivity contribution in [3.05, 3.63) is 107 Å². The zero-order valence-electron chi connectivity index (χ0n) is 18.5. The standard InChI is InChI=1S/C26H26N4O4/c31-23(27-15-19-8-3-1-4-9-19)25(33)29-17-21-12-7-13-22(14-21)18-30-26(34)24(32)28-16-20-10-5-2-6-11-20/h1-14H,15-18H2,(H,27,31)(H,28,32)(H,29,33)(H,30,34). The third-order valence-corrected chi connectivity index (χ3v) is 4.90. The van der Waals surface area contributed by atoms with Crippen molar-refractivity contribution in [3.63, 3.8) is 0 Å². The van der Waals surface area contributed by atoms with Crippen LogP contribution in [0, 0.1) is 0 Å². The summed E-state index contributed by atoms with van der Waals surface area (Å²) in [5.74, 6) is -2.89. The summed E-state index contributed by atoms with van der Waals surface area (Å²) in [6, 6.07) is 25.7. The first kappa shape index (κ1) is 24.2. The first-order valence-corrected chi connectivity index (χ1v) is 10.8. The van der Waals surface area contributed by atoms with Gasteiger partial charge in [-0.05, 0) is 22.3 Å². The topological polar surface area (TPSA) is 116 Å². The minimum absolute atomic E-state index is 0.150. The van der Waals surface area contributed by atoms with Crippen LogP contribution in [0.15, 0.2) is 84.9 Å². The van der Waals surface area contributed by atoms with E-state index in [2.05, 4.69) is 21.3 Å². The van der Waals surface area contributed by atoms with E-state index in [0.29, 0.717) is 0 Å². The molecule has 0 atom stereocenters. The second-order valence-electron chi connectivity index (χ2n) is 7.52. The van der Waals surface area contributed by atoms with Crippen molar-refractivity contribution < 1.29 is 19.2 Å². The highest BCUT2D eigenvalue weighted by Gasteiger charge is 2.14. The zero-order valence-corrected chi connectivity index (χ0v) is 18.5. The van der Waals surface area contributed by atoms with Crippen LogP contribution in [0.5, 0.6) is 0 Å². The number of hydrogen-bond donors (Lipinski definition) is 4. The second-order valence-corrected chi connectivity index (χ2v) is 7.52. The lowest BCUT2D eigenvalue weighted by Gasteiger charge is -2.09. The Labute approximate surface area is 197 Å². The number of nitrogens with one attached hydrogen (secondary N) is 4. The van der Waals surface area contributed by atoms with Crippen molar-refractivity contribution in [2.24, 2.45) is 0 Å². The van der Waals surface area contributed by atoms with Gasteiger partial charge in [-0.1, -0.05) is 84.9 Å². The summed E-state index contributed by atoms with van der Waals surface area (Å²) in [4.78, 5) is 48.1. The van der Waals surface area contributed by atoms with Gasteiger partial charge in [0.15, 0.2) is 0 Å². The van der Waals surface area contributed by atoms with Crippen LogP contribution < -0.4 is 21.3 Å². The molecule has 8 nitrogen and oxygen atoms in total. The lowest BCUT2D eigenvalue weighted by atomic mass is 10.1. The van der Waals surface area contributed by atoms with Crippen molar-refractivity contribution in [2.75, 3.05) is 0 Å². The number of benzene rings is 3. The number of carbonyl (C=O) groups excluding carboxylic acids is 4. The molecule has 8 heteroatoms. The molecule has 34 heavy (non-hydrogen) atoms. The van der Waals surface area contributed by atoms with E-state index >= 15 is 0 Å². The molecule has 0 fully saturated rings. The SMILES string of the molecule is O=C(NCc1ccccc1)C(=O)NCc1cccc(CNC(=O)C(=O)NCc2ccccc2)c1. The molecule has 4 N–H and O–H groups in total. The summed E-state index contributed by atoms with van der Waals surface area (Å²) in [6.45, 7) is 0.830. The van der Waals surface area contributed by atoms with Gasteiger partial charge in [-0.15, -0.1) is 0 Å². The Kier molecular flexibility index (Phi) is 8.92. The highest BCUT2D eigenvalue weighted by Crippen LogP contribution is 2.05. The normalized spacial score (nSPS) is 10.1. The highest BCUT2D eigenvalue weighted by atomic mass is 16.2. The average Bonchev–Trinajstić information content (AvgIpc) is 2.89. The largest absolute Gasteiger partial charge is 0.344 e. The Morgan fingerprint density at radius 3 is 1.06 bits per heavy atom. The van der Waals surface area contributed by atoms with E-state index in [-0.39, 0.29) is 26.2 Å². The van der Waals surface area contributed by atoms with Gasteiger partial charge in [-0.3, -0.25) is 19.2 Å². The fraction of sp³-hybridized carbons (Fsp3) is 0.154. The van der Waals surface area contributed by atoms with Crippen LogP contribution in [-0.2, 0) is 45.4 Å². The number of hydrogen-bond acceptors (Lipinski definition) is 4. The summed E-state index contributed by atoms with van der Waals surface area (Å²) in [6.07, 6.45) is 0. The van der Waals surface area contributed by atoms with Crippen LogP contribution in [0.3, 0.4) is 0 Å². The third kappa shape index (κ3) is 7.90. The maximum Gasteiger partial charge on any atom is 0.309 e. The molecule has 0 radical (unpaired) electrons. The maximum absolute atomic E-state index is 12.1. The summed E-state index contributed by atoms with van der Waals surface area (Å²) >= 11 is 0. The van der Waals surface area contributed by atoms with Crippen LogP contribution in [-0.4, -0.2) is 23.6 Å². The van der Waals surface area contributed by atoms with Crippen molar-refractivity contribution in [2.45, 2.75) is 26.2 Å². The van der Waals surface area contributed by atoms with Gasteiger partial charge in [0.05, 0.1) is 0 Å². The van der Waals surface area contributed by atoms with Gasteiger partial charge in [0.25, 0.3) is 0 Å². The Morgan fingerprint density at radius 2 is 0.706 bits per heavy atom. The second kappa shape index (κ2) is 12.5.